The van der Waals surface area contributed by atoms with E-state index in [4.69, 9.17) is 0 Å². The maximum absolute atomic E-state index is 13.0. The zero-order valence-corrected chi connectivity index (χ0v) is 16.5. The summed E-state index contributed by atoms with van der Waals surface area (Å²) >= 11 is 0. The van der Waals surface area contributed by atoms with E-state index in [9.17, 15) is 9.59 Å². The van der Waals surface area contributed by atoms with Gasteiger partial charge in [0, 0.05) is 41.6 Å². The molecule has 0 atom stereocenters. The summed E-state index contributed by atoms with van der Waals surface area (Å²) < 4.78 is 1.81. The van der Waals surface area contributed by atoms with Gasteiger partial charge in [0.25, 0.3) is 5.91 Å². The molecule has 1 aliphatic rings. The van der Waals surface area contributed by atoms with E-state index in [1.54, 1.807) is 24.5 Å². The molecule has 3 heterocycles. The van der Waals surface area contributed by atoms with Crippen LogP contribution >= 0.6 is 0 Å². The van der Waals surface area contributed by atoms with Gasteiger partial charge >= 0.3 is 0 Å². The zero-order chi connectivity index (χ0) is 20.7. The average molecular weight is 396 g/mol. The van der Waals surface area contributed by atoms with Crippen molar-refractivity contribution in [3.8, 4) is 16.8 Å². The van der Waals surface area contributed by atoms with E-state index >= 15 is 0 Å². The van der Waals surface area contributed by atoms with Gasteiger partial charge in [-0.1, -0.05) is 18.2 Å². The summed E-state index contributed by atoms with van der Waals surface area (Å²) in [5.41, 5.74) is 4.11. The first-order valence-electron chi connectivity index (χ1n) is 9.95. The number of aryl methyl sites for hydroxylation is 1. The molecule has 0 spiro atoms. The van der Waals surface area contributed by atoms with Gasteiger partial charge in [0.15, 0.2) is 0 Å². The van der Waals surface area contributed by atoms with Gasteiger partial charge in [-0.15, -0.1) is 0 Å². The van der Waals surface area contributed by atoms with Crippen molar-refractivity contribution in [2.45, 2.75) is 25.8 Å². The number of amides is 1. The lowest BCUT2D eigenvalue weighted by atomic mass is 10.1. The molecule has 4 aromatic rings. The number of aromatic nitrogens is 3. The van der Waals surface area contributed by atoms with Crippen LogP contribution in [0.25, 0.3) is 27.8 Å². The molecule has 1 N–H and O–H groups in total. The lowest BCUT2D eigenvalue weighted by molar-refractivity contribution is 0.0949. The predicted molar refractivity (Wildman–Crippen MR) is 116 cm³/mol. The molecule has 148 valence electrons. The third-order valence-electron chi connectivity index (χ3n) is 5.29. The number of hydrogen-bond acceptors (Lipinski definition) is 4. The summed E-state index contributed by atoms with van der Waals surface area (Å²) in [6, 6.07) is 15.5. The molecule has 1 fully saturated rings. The first-order chi connectivity index (χ1) is 14.6. The molecule has 6 nitrogen and oxygen atoms in total. The molecule has 5 rings (SSSR count). The monoisotopic (exact) mass is 396 g/mol. The fourth-order valence-corrected chi connectivity index (χ4v) is 3.48. The Balaban J connectivity index is 1.67. The normalized spacial score (nSPS) is 13.4. The summed E-state index contributed by atoms with van der Waals surface area (Å²) in [6.07, 6.45) is 7.01. The summed E-state index contributed by atoms with van der Waals surface area (Å²) in [5, 5.41) is 3.34. The van der Waals surface area contributed by atoms with Crippen LogP contribution in [0.15, 0.2) is 71.9 Å². The highest BCUT2D eigenvalue weighted by atomic mass is 16.2. The largest absolute Gasteiger partial charge is 0.349 e. The Morgan fingerprint density at radius 3 is 2.70 bits per heavy atom. The van der Waals surface area contributed by atoms with E-state index in [1.165, 1.54) is 0 Å². The van der Waals surface area contributed by atoms with Crippen molar-refractivity contribution in [3.05, 3.63) is 88.6 Å². The highest BCUT2D eigenvalue weighted by Crippen LogP contribution is 2.24. The molecule has 1 aliphatic carbocycles. The van der Waals surface area contributed by atoms with E-state index < -0.39 is 0 Å². The van der Waals surface area contributed by atoms with Crippen LogP contribution in [-0.4, -0.2) is 26.5 Å². The first kappa shape index (κ1) is 18.2. The SMILES string of the molecule is Cc1ccc(-c2cccc(-n3cc(C(=O)NC4CC4)c(=O)c4cccnc43)c2)cn1. The van der Waals surface area contributed by atoms with E-state index in [0.29, 0.717) is 11.0 Å². The molecular formula is C24H20N4O2. The van der Waals surface area contributed by atoms with Crippen LogP contribution in [-0.2, 0) is 0 Å². The van der Waals surface area contributed by atoms with Gasteiger partial charge in [-0.2, -0.15) is 0 Å². The van der Waals surface area contributed by atoms with Gasteiger partial charge < -0.3 is 9.88 Å². The zero-order valence-electron chi connectivity index (χ0n) is 16.5. The number of nitrogens with zero attached hydrogens (tertiary/aromatic N) is 3. The number of nitrogens with one attached hydrogen (secondary N) is 1. The number of hydrogen-bond donors (Lipinski definition) is 1. The Kier molecular flexibility index (Phi) is 4.39. The van der Waals surface area contributed by atoms with Gasteiger partial charge in [0.05, 0.1) is 5.39 Å². The van der Waals surface area contributed by atoms with Crippen LogP contribution in [0, 0.1) is 6.92 Å². The third-order valence-corrected chi connectivity index (χ3v) is 5.29. The molecule has 1 aromatic carbocycles. The summed E-state index contributed by atoms with van der Waals surface area (Å²) in [7, 11) is 0. The summed E-state index contributed by atoms with van der Waals surface area (Å²) in [5.74, 6) is -0.333. The molecule has 0 saturated heterocycles. The maximum Gasteiger partial charge on any atom is 0.257 e. The summed E-state index contributed by atoms with van der Waals surface area (Å²) in [4.78, 5) is 34.5. The quantitative estimate of drug-likeness (QED) is 0.571. The Bertz CT molecular complexity index is 1320. The van der Waals surface area contributed by atoms with Crippen LogP contribution in [0.1, 0.15) is 28.9 Å². The minimum atomic E-state index is -0.333. The van der Waals surface area contributed by atoms with Gasteiger partial charge in [0.1, 0.15) is 11.2 Å². The second-order valence-corrected chi connectivity index (χ2v) is 7.60. The maximum atomic E-state index is 13.0. The highest BCUT2D eigenvalue weighted by molar-refractivity contribution is 5.97. The van der Waals surface area contributed by atoms with Crippen molar-refractivity contribution in [1.29, 1.82) is 0 Å². The smallest absolute Gasteiger partial charge is 0.257 e. The molecule has 1 amide bonds. The summed E-state index contributed by atoms with van der Waals surface area (Å²) in [6.45, 7) is 1.95. The van der Waals surface area contributed by atoms with Crippen LogP contribution in [0.2, 0.25) is 0 Å². The minimum absolute atomic E-state index is 0.129. The van der Waals surface area contributed by atoms with Crippen molar-refractivity contribution < 1.29 is 4.79 Å². The van der Waals surface area contributed by atoms with Crippen LogP contribution in [0.5, 0.6) is 0 Å². The van der Waals surface area contributed by atoms with E-state index in [1.807, 2.05) is 54.1 Å². The van der Waals surface area contributed by atoms with Crippen LogP contribution < -0.4 is 10.7 Å². The number of carbonyl (C=O) groups is 1. The third kappa shape index (κ3) is 3.37. The molecular weight excluding hydrogens is 376 g/mol. The first-order valence-corrected chi connectivity index (χ1v) is 9.95. The predicted octanol–water partition coefficient (Wildman–Crippen LogP) is 3.65. The van der Waals surface area contributed by atoms with Gasteiger partial charge in [-0.25, -0.2) is 4.98 Å². The van der Waals surface area contributed by atoms with E-state index in [-0.39, 0.29) is 22.9 Å². The second-order valence-electron chi connectivity index (χ2n) is 7.60. The lowest BCUT2D eigenvalue weighted by Crippen LogP contribution is -2.31. The van der Waals surface area contributed by atoms with Crippen LogP contribution in [0.3, 0.4) is 0 Å². The number of pyridine rings is 3. The van der Waals surface area contributed by atoms with Gasteiger partial charge in [-0.3, -0.25) is 14.6 Å². The van der Waals surface area contributed by atoms with Crippen molar-refractivity contribution in [2.75, 3.05) is 0 Å². The molecule has 0 bridgehead atoms. The van der Waals surface area contributed by atoms with Crippen molar-refractivity contribution in [3.63, 3.8) is 0 Å². The Hall–Kier alpha value is -3.80. The van der Waals surface area contributed by atoms with Crippen molar-refractivity contribution in [2.24, 2.45) is 0 Å². The molecule has 6 heteroatoms. The number of rotatable bonds is 4. The molecule has 0 unspecified atom stereocenters. The van der Waals surface area contributed by atoms with Crippen molar-refractivity contribution >= 4 is 16.9 Å². The Morgan fingerprint density at radius 2 is 1.93 bits per heavy atom. The molecule has 30 heavy (non-hydrogen) atoms. The Labute approximate surface area is 173 Å². The van der Waals surface area contributed by atoms with E-state index in [2.05, 4.69) is 15.3 Å². The van der Waals surface area contributed by atoms with Crippen molar-refractivity contribution in [1.82, 2.24) is 19.9 Å². The average Bonchev–Trinajstić information content (AvgIpc) is 3.59. The molecule has 1 saturated carbocycles. The number of benzene rings is 1. The molecule has 0 radical (unpaired) electrons. The molecule has 3 aromatic heterocycles. The standard InChI is InChI=1S/C24H20N4O2/c1-15-7-8-17(13-26-15)16-4-2-5-19(12-16)28-14-21(24(30)27-18-9-10-18)22(29)20-6-3-11-25-23(20)28/h2-8,11-14,18H,9-10H2,1H3,(H,27,30). The fraction of sp³-hybridized carbons (Fsp3) is 0.167. The second kappa shape index (κ2) is 7.22. The van der Waals surface area contributed by atoms with Gasteiger partial charge in [0.2, 0.25) is 5.43 Å². The van der Waals surface area contributed by atoms with Crippen LogP contribution in [0.4, 0.5) is 0 Å². The van der Waals surface area contributed by atoms with Gasteiger partial charge in [-0.05, 0) is 55.7 Å². The number of carbonyl (C=O) groups excluding carboxylic acids is 1. The lowest BCUT2D eigenvalue weighted by Gasteiger charge is -2.14. The van der Waals surface area contributed by atoms with E-state index in [0.717, 1.165) is 35.3 Å². The Morgan fingerprint density at radius 1 is 1.07 bits per heavy atom. The number of fused-ring (bicyclic) bond motifs is 1. The highest BCUT2D eigenvalue weighted by Gasteiger charge is 2.26. The molecule has 0 aliphatic heterocycles. The minimum Gasteiger partial charge on any atom is -0.349 e. The fourth-order valence-electron chi connectivity index (χ4n) is 3.48. The topological polar surface area (TPSA) is 76.9 Å².